The Labute approximate surface area is 161 Å². The fourth-order valence-electron chi connectivity index (χ4n) is 3.21. The van der Waals surface area contributed by atoms with Crippen LogP contribution in [0.4, 0.5) is 9.18 Å². The topological polar surface area (TPSA) is 70.2 Å². The second-order valence-corrected chi connectivity index (χ2v) is 6.94. The Morgan fingerprint density at radius 2 is 1.78 bits per heavy atom. The van der Waals surface area contributed by atoms with Gasteiger partial charge in [-0.05, 0) is 18.6 Å². The molecule has 2 fully saturated rings. The molecule has 2 aliphatic rings. The average Bonchev–Trinajstić information content (AvgIpc) is 2.89. The highest BCUT2D eigenvalue weighted by Gasteiger charge is 2.28. The van der Waals surface area contributed by atoms with Gasteiger partial charge in [-0.25, -0.2) is 9.18 Å². The second-order valence-electron chi connectivity index (χ2n) is 6.53. The summed E-state index contributed by atoms with van der Waals surface area (Å²) in [4.78, 5) is 41.1. The maximum Gasteiger partial charge on any atom is 0.410 e. The van der Waals surface area contributed by atoms with Crippen LogP contribution in [0.25, 0.3) is 0 Å². The minimum Gasteiger partial charge on any atom is -0.448 e. The fourth-order valence-corrected chi connectivity index (χ4v) is 3.44. The van der Waals surface area contributed by atoms with E-state index in [1.54, 1.807) is 15.9 Å². The molecule has 0 atom stereocenters. The summed E-state index contributed by atoms with van der Waals surface area (Å²) < 4.78 is 18.7. The van der Waals surface area contributed by atoms with Gasteiger partial charge < -0.3 is 14.5 Å². The van der Waals surface area contributed by atoms with Crippen LogP contribution in [0, 0.1) is 5.82 Å². The van der Waals surface area contributed by atoms with Crippen molar-refractivity contribution in [3.05, 3.63) is 34.6 Å². The molecule has 1 aromatic rings. The fraction of sp³-hybridized carbons (Fsp3) is 0.500. The smallest absolute Gasteiger partial charge is 0.410 e. The number of hydrogen-bond acceptors (Lipinski definition) is 4. The summed E-state index contributed by atoms with van der Waals surface area (Å²) in [6.07, 6.45) is 0.0307. The van der Waals surface area contributed by atoms with Crippen molar-refractivity contribution in [2.75, 3.05) is 45.9 Å². The Bertz CT molecular complexity index is 725. The number of benzene rings is 1. The number of carbonyl (C=O) groups is 3. The number of cyclic esters (lactones) is 1. The maximum absolute atomic E-state index is 13.9. The van der Waals surface area contributed by atoms with Crippen molar-refractivity contribution >= 4 is 29.5 Å². The van der Waals surface area contributed by atoms with E-state index in [1.165, 1.54) is 17.0 Å². The Morgan fingerprint density at radius 3 is 2.41 bits per heavy atom. The van der Waals surface area contributed by atoms with Gasteiger partial charge in [0.1, 0.15) is 19.0 Å². The third-order valence-corrected chi connectivity index (χ3v) is 5.12. The summed E-state index contributed by atoms with van der Waals surface area (Å²) in [6.45, 7) is 2.42. The van der Waals surface area contributed by atoms with Gasteiger partial charge in [-0.1, -0.05) is 17.7 Å². The molecule has 7 nitrogen and oxygen atoms in total. The molecule has 3 amide bonds. The van der Waals surface area contributed by atoms with Gasteiger partial charge >= 0.3 is 6.09 Å². The summed E-state index contributed by atoms with van der Waals surface area (Å²) in [7, 11) is 0. The highest BCUT2D eigenvalue weighted by molar-refractivity contribution is 6.31. The Hall–Kier alpha value is -2.35. The molecule has 2 heterocycles. The summed E-state index contributed by atoms with van der Waals surface area (Å²) in [6, 6.07) is 4.33. The molecule has 0 aromatic heterocycles. The minimum absolute atomic E-state index is 0.0163. The van der Waals surface area contributed by atoms with Crippen molar-refractivity contribution in [2.24, 2.45) is 0 Å². The summed E-state index contributed by atoms with van der Waals surface area (Å²) in [5.41, 5.74) is 0.189. The van der Waals surface area contributed by atoms with E-state index in [9.17, 15) is 18.8 Å². The first-order chi connectivity index (χ1) is 13.0. The molecular formula is C18H21ClFN3O4. The average molecular weight is 398 g/mol. The quantitative estimate of drug-likeness (QED) is 0.772. The predicted octanol–water partition coefficient (Wildman–Crippen LogP) is 1.53. The summed E-state index contributed by atoms with van der Waals surface area (Å²) in [5.74, 6) is -0.889. The zero-order valence-corrected chi connectivity index (χ0v) is 15.6. The van der Waals surface area contributed by atoms with Gasteiger partial charge in [-0.15, -0.1) is 0 Å². The second kappa shape index (κ2) is 8.56. The molecule has 146 valence electrons. The lowest BCUT2D eigenvalue weighted by Gasteiger charge is -2.24. The molecule has 0 radical (unpaired) electrons. The van der Waals surface area contributed by atoms with E-state index in [2.05, 4.69) is 0 Å². The van der Waals surface area contributed by atoms with Crippen molar-refractivity contribution < 1.29 is 23.5 Å². The minimum atomic E-state index is -0.500. The number of ether oxygens (including phenoxy) is 1. The van der Waals surface area contributed by atoms with Crippen LogP contribution in [0.5, 0.6) is 0 Å². The molecule has 0 unspecified atom stereocenters. The molecule has 27 heavy (non-hydrogen) atoms. The molecular weight excluding hydrogens is 377 g/mol. The van der Waals surface area contributed by atoms with E-state index < -0.39 is 11.9 Å². The number of hydrogen-bond donors (Lipinski definition) is 0. The summed E-state index contributed by atoms with van der Waals surface area (Å²) in [5, 5.41) is 0.229. The normalized spacial score (nSPS) is 17.7. The molecule has 0 saturated carbocycles. The molecule has 2 aliphatic heterocycles. The van der Waals surface area contributed by atoms with Crippen molar-refractivity contribution in [1.29, 1.82) is 0 Å². The first kappa shape index (κ1) is 19.4. The van der Waals surface area contributed by atoms with Gasteiger partial charge in [0.2, 0.25) is 11.8 Å². The van der Waals surface area contributed by atoms with E-state index in [4.69, 9.17) is 16.3 Å². The number of nitrogens with zero attached hydrogens (tertiary/aromatic N) is 3. The number of carbonyl (C=O) groups excluding carboxylic acids is 3. The molecule has 0 spiro atoms. The van der Waals surface area contributed by atoms with Crippen LogP contribution < -0.4 is 0 Å². The zero-order valence-electron chi connectivity index (χ0n) is 14.8. The Morgan fingerprint density at radius 1 is 1.07 bits per heavy atom. The van der Waals surface area contributed by atoms with Crippen molar-refractivity contribution in [3.8, 4) is 0 Å². The van der Waals surface area contributed by atoms with Crippen LogP contribution >= 0.6 is 11.6 Å². The molecule has 9 heteroatoms. The predicted molar refractivity (Wildman–Crippen MR) is 95.8 cm³/mol. The van der Waals surface area contributed by atoms with E-state index in [0.717, 1.165) is 0 Å². The van der Waals surface area contributed by atoms with Crippen LogP contribution in [-0.4, -0.2) is 78.5 Å². The lowest BCUT2D eigenvalue weighted by Crippen LogP contribution is -2.43. The Balaban J connectivity index is 1.55. The zero-order chi connectivity index (χ0) is 19.4. The first-order valence-corrected chi connectivity index (χ1v) is 9.23. The first-order valence-electron chi connectivity index (χ1n) is 8.86. The van der Waals surface area contributed by atoms with Crippen molar-refractivity contribution in [2.45, 2.75) is 12.8 Å². The lowest BCUT2D eigenvalue weighted by atomic mass is 10.1. The maximum atomic E-state index is 13.9. The SMILES string of the molecule is O=C(Cc1c(F)cccc1Cl)N1CCCN(C(=O)CN2CCOC2=O)CC1. The third kappa shape index (κ3) is 4.68. The summed E-state index contributed by atoms with van der Waals surface area (Å²) >= 11 is 6.00. The monoisotopic (exact) mass is 397 g/mol. The van der Waals surface area contributed by atoms with Crippen LogP contribution in [0.3, 0.4) is 0 Å². The van der Waals surface area contributed by atoms with Gasteiger partial charge in [0.25, 0.3) is 0 Å². The van der Waals surface area contributed by atoms with Crippen LogP contribution in [0.15, 0.2) is 18.2 Å². The molecule has 2 saturated heterocycles. The van der Waals surface area contributed by atoms with Gasteiger partial charge in [0.15, 0.2) is 0 Å². The van der Waals surface area contributed by atoms with Crippen LogP contribution in [0.2, 0.25) is 5.02 Å². The van der Waals surface area contributed by atoms with Crippen molar-refractivity contribution in [1.82, 2.24) is 14.7 Å². The third-order valence-electron chi connectivity index (χ3n) is 4.76. The van der Waals surface area contributed by atoms with Gasteiger partial charge in [-0.2, -0.15) is 0 Å². The molecule has 0 N–H and O–H groups in total. The molecule has 0 bridgehead atoms. The Kier molecular flexibility index (Phi) is 6.15. The highest BCUT2D eigenvalue weighted by atomic mass is 35.5. The molecule has 0 aliphatic carbocycles. The van der Waals surface area contributed by atoms with Gasteiger partial charge in [-0.3, -0.25) is 14.5 Å². The van der Waals surface area contributed by atoms with E-state index in [1.807, 2.05) is 0 Å². The van der Waals surface area contributed by atoms with Crippen LogP contribution in [-0.2, 0) is 20.7 Å². The number of rotatable bonds is 4. The lowest BCUT2D eigenvalue weighted by molar-refractivity contribution is -0.133. The standard InChI is InChI=1S/C18H21ClFN3O4/c19-14-3-1-4-15(20)13(14)11-16(24)21-5-2-6-22(8-7-21)17(25)12-23-9-10-27-18(23)26/h1,3-4H,2,5-12H2. The van der Waals surface area contributed by atoms with Crippen LogP contribution in [0.1, 0.15) is 12.0 Å². The van der Waals surface area contributed by atoms with E-state index >= 15 is 0 Å². The van der Waals surface area contributed by atoms with Crippen molar-refractivity contribution in [3.63, 3.8) is 0 Å². The largest absolute Gasteiger partial charge is 0.448 e. The van der Waals surface area contributed by atoms with Gasteiger partial charge in [0.05, 0.1) is 13.0 Å². The van der Waals surface area contributed by atoms with E-state index in [0.29, 0.717) is 45.8 Å². The molecule has 1 aromatic carbocycles. The highest BCUT2D eigenvalue weighted by Crippen LogP contribution is 2.20. The van der Waals surface area contributed by atoms with Gasteiger partial charge in [0, 0.05) is 36.8 Å². The number of halogens is 2. The molecule has 3 rings (SSSR count). The number of amides is 3. The van der Waals surface area contributed by atoms with E-state index in [-0.39, 0.29) is 35.4 Å².